The highest BCUT2D eigenvalue weighted by Gasteiger charge is 2.36. The van der Waals surface area contributed by atoms with Gasteiger partial charge in [-0.3, -0.25) is 4.79 Å². The molecule has 23 heavy (non-hydrogen) atoms. The van der Waals surface area contributed by atoms with E-state index in [-0.39, 0.29) is 24.3 Å². The number of primary amides is 1. The summed E-state index contributed by atoms with van der Waals surface area (Å²) in [4.78, 5) is 11.5. The fraction of sp³-hybridized carbons (Fsp3) is 0.688. The van der Waals surface area contributed by atoms with Crippen LogP contribution in [0.5, 0.6) is 0 Å². The van der Waals surface area contributed by atoms with Crippen LogP contribution in [0, 0.1) is 17.8 Å². The number of amides is 1. The van der Waals surface area contributed by atoms with Gasteiger partial charge in [-0.2, -0.15) is 0 Å². The van der Waals surface area contributed by atoms with E-state index >= 15 is 0 Å². The molecule has 3 atom stereocenters. The van der Waals surface area contributed by atoms with Crippen molar-refractivity contribution in [2.45, 2.75) is 57.6 Å². The number of hydrogen-bond donors (Lipinski definition) is 3. The minimum Gasteiger partial charge on any atom is -0.396 e. The molecule has 1 amide bonds. The van der Waals surface area contributed by atoms with E-state index in [1.54, 1.807) is 0 Å². The Balaban J connectivity index is 2.24. The molecule has 0 bridgehead atoms. The predicted octanol–water partition coefficient (Wildman–Crippen LogP) is 0.613. The van der Waals surface area contributed by atoms with E-state index in [0.717, 1.165) is 25.7 Å². The molecule has 0 saturated heterocycles. The second-order valence-electron chi connectivity index (χ2n) is 6.01. The molecule has 1 aromatic rings. The average molecular weight is 320 g/mol. The quantitative estimate of drug-likeness (QED) is 0.525. The van der Waals surface area contributed by atoms with Crippen LogP contribution < -0.4 is 5.73 Å². The summed E-state index contributed by atoms with van der Waals surface area (Å²) in [6.07, 6.45) is 4.37. The maximum atomic E-state index is 11.5. The number of aliphatic hydroxyl groups excluding tert-OH is 2. The van der Waals surface area contributed by atoms with Crippen molar-refractivity contribution in [3.8, 4) is 11.8 Å². The van der Waals surface area contributed by atoms with Gasteiger partial charge in [0.15, 0.2) is 5.69 Å². The Bertz CT molecular complexity index is 602. The van der Waals surface area contributed by atoms with Gasteiger partial charge in [-0.15, -0.1) is 5.10 Å². The molecule has 7 nitrogen and oxygen atoms in total. The molecule has 7 heteroatoms. The van der Waals surface area contributed by atoms with Gasteiger partial charge in [-0.25, -0.2) is 4.68 Å². The number of carbonyl (C=O) groups excluding carboxylic acids is 1. The van der Waals surface area contributed by atoms with E-state index in [9.17, 15) is 15.0 Å². The van der Waals surface area contributed by atoms with E-state index in [1.807, 2.05) is 0 Å². The normalized spacial score (nSPS) is 23.5. The summed E-state index contributed by atoms with van der Waals surface area (Å²) in [6.45, 7) is 2.14. The first-order valence-corrected chi connectivity index (χ1v) is 8.11. The van der Waals surface area contributed by atoms with Crippen molar-refractivity contribution in [2.75, 3.05) is 6.61 Å². The average Bonchev–Trinajstić information content (AvgIpc) is 3.10. The van der Waals surface area contributed by atoms with Crippen LogP contribution in [0.25, 0.3) is 0 Å². The molecule has 1 fully saturated rings. The number of nitrogens with zero attached hydrogens (tertiary/aromatic N) is 3. The third-order valence-electron chi connectivity index (χ3n) is 4.21. The maximum absolute atomic E-state index is 11.5. The van der Waals surface area contributed by atoms with Crippen molar-refractivity contribution in [3.63, 3.8) is 0 Å². The Labute approximate surface area is 135 Å². The molecular weight excluding hydrogens is 296 g/mol. The van der Waals surface area contributed by atoms with Crippen molar-refractivity contribution >= 4 is 5.91 Å². The summed E-state index contributed by atoms with van der Waals surface area (Å²) in [5.41, 5.74) is 5.73. The summed E-state index contributed by atoms with van der Waals surface area (Å²) < 4.78 is 1.49. The van der Waals surface area contributed by atoms with Crippen LogP contribution in [0.2, 0.25) is 0 Å². The van der Waals surface area contributed by atoms with Crippen molar-refractivity contribution < 1.29 is 15.0 Å². The van der Waals surface area contributed by atoms with Crippen LogP contribution in [0.15, 0.2) is 0 Å². The zero-order chi connectivity index (χ0) is 16.8. The van der Waals surface area contributed by atoms with Crippen LogP contribution in [0.1, 0.15) is 67.7 Å². The molecule has 1 aromatic heterocycles. The summed E-state index contributed by atoms with van der Waals surface area (Å²) in [5.74, 6) is 5.31. The molecule has 0 aromatic carbocycles. The molecule has 4 N–H and O–H groups in total. The van der Waals surface area contributed by atoms with Crippen LogP contribution in [0.3, 0.4) is 0 Å². The van der Waals surface area contributed by atoms with Crippen molar-refractivity contribution in [2.24, 2.45) is 11.7 Å². The van der Waals surface area contributed by atoms with Gasteiger partial charge in [0, 0.05) is 13.0 Å². The van der Waals surface area contributed by atoms with E-state index in [2.05, 4.69) is 29.1 Å². The third-order valence-corrected chi connectivity index (χ3v) is 4.21. The van der Waals surface area contributed by atoms with E-state index in [0.29, 0.717) is 18.5 Å². The van der Waals surface area contributed by atoms with Gasteiger partial charge in [-0.1, -0.05) is 30.9 Å². The number of hydrogen-bond acceptors (Lipinski definition) is 5. The molecule has 0 radical (unpaired) electrons. The highest BCUT2D eigenvalue weighted by molar-refractivity contribution is 5.92. The van der Waals surface area contributed by atoms with Crippen molar-refractivity contribution in [3.05, 3.63) is 11.4 Å². The smallest absolute Gasteiger partial charge is 0.272 e. The summed E-state index contributed by atoms with van der Waals surface area (Å²) in [7, 11) is 0. The van der Waals surface area contributed by atoms with Gasteiger partial charge < -0.3 is 15.9 Å². The van der Waals surface area contributed by atoms with Gasteiger partial charge in [0.2, 0.25) is 0 Å². The summed E-state index contributed by atoms with van der Waals surface area (Å²) in [6, 6.07) is -0.340. The first kappa shape index (κ1) is 17.4. The molecule has 1 aliphatic carbocycles. The summed E-state index contributed by atoms with van der Waals surface area (Å²) in [5, 5.41) is 27.3. The maximum Gasteiger partial charge on any atom is 0.272 e. The standard InChI is InChI=1S/C16H24N4O3/c1-2-3-4-5-6-7-12-15(16(17)23)18-19-20(12)13-8-11(10-21)9-14(13)22/h11,13-14,21-22H,2-5,8-10H2,1H3,(H2,17,23)/t11-,13+,14+/m0/s1. The van der Waals surface area contributed by atoms with E-state index in [4.69, 9.17) is 5.73 Å². The lowest BCUT2D eigenvalue weighted by Crippen LogP contribution is -2.21. The number of aromatic nitrogens is 3. The number of aliphatic hydroxyl groups is 2. The number of carbonyl (C=O) groups is 1. The lowest BCUT2D eigenvalue weighted by molar-refractivity contribution is 0.0994. The minimum absolute atomic E-state index is 0.0154. The molecule has 126 valence electrons. The molecule has 0 unspecified atom stereocenters. The molecule has 2 rings (SSSR count). The molecule has 1 saturated carbocycles. The van der Waals surface area contributed by atoms with E-state index < -0.39 is 12.0 Å². The van der Waals surface area contributed by atoms with E-state index in [1.165, 1.54) is 4.68 Å². The zero-order valence-electron chi connectivity index (χ0n) is 13.4. The Hall–Kier alpha value is -1.91. The molecule has 1 aliphatic rings. The van der Waals surface area contributed by atoms with Gasteiger partial charge >= 0.3 is 0 Å². The zero-order valence-corrected chi connectivity index (χ0v) is 13.4. The second-order valence-corrected chi connectivity index (χ2v) is 6.01. The summed E-state index contributed by atoms with van der Waals surface area (Å²) >= 11 is 0. The Morgan fingerprint density at radius 1 is 1.43 bits per heavy atom. The van der Waals surface area contributed by atoms with Crippen LogP contribution >= 0.6 is 0 Å². The topological polar surface area (TPSA) is 114 Å². The fourth-order valence-electron chi connectivity index (χ4n) is 2.92. The Kier molecular flexibility index (Phi) is 6.13. The lowest BCUT2D eigenvalue weighted by atomic mass is 10.1. The highest BCUT2D eigenvalue weighted by Crippen LogP contribution is 2.35. The number of unbranched alkanes of at least 4 members (excludes halogenated alkanes) is 3. The molecule has 0 spiro atoms. The highest BCUT2D eigenvalue weighted by atomic mass is 16.3. The van der Waals surface area contributed by atoms with Crippen LogP contribution in [-0.2, 0) is 0 Å². The first-order chi connectivity index (χ1) is 11.1. The lowest BCUT2D eigenvalue weighted by Gasteiger charge is -2.15. The molecule has 0 aliphatic heterocycles. The fourth-order valence-corrected chi connectivity index (χ4v) is 2.92. The van der Waals surface area contributed by atoms with Gasteiger partial charge in [-0.05, 0) is 31.1 Å². The third kappa shape index (κ3) is 4.09. The first-order valence-electron chi connectivity index (χ1n) is 8.11. The number of nitrogens with two attached hydrogens (primary N) is 1. The van der Waals surface area contributed by atoms with Crippen LogP contribution in [-0.4, -0.2) is 43.8 Å². The van der Waals surface area contributed by atoms with Gasteiger partial charge in [0.25, 0.3) is 5.91 Å². The second kappa shape index (κ2) is 8.09. The van der Waals surface area contributed by atoms with Crippen LogP contribution in [0.4, 0.5) is 0 Å². The Morgan fingerprint density at radius 3 is 2.83 bits per heavy atom. The molecule has 1 heterocycles. The van der Waals surface area contributed by atoms with Gasteiger partial charge in [0.1, 0.15) is 5.69 Å². The van der Waals surface area contributed by atoms with Crippen molar-refractivity contribution in [1.29, 1.82) is 0 Å². The van der Waals surface area contributed by atoms with Gasteiger partial charge in [0.05, 0.1) is 12.1 Å². The SMILES string of the molecule is CCCCCC#Cc1c(C(N)=O)nnn1[C@@H]1C[C@H](CO)C[C@H]1O. The van der Waals surface area contributed by atoms with Crippen molar-refractivity contribution in [1.82, 2.24) is 15.0 Å². The largest absolute Gasteiger partial charge is 0.396 e. The Morgan fingerprint density at radius 2 is 2.22 bits per heavy atom. The monoisotopic (exact) mass is 320 g/mol. The number of rotatable bonds is 6. The minimum atomic E-state index is -0.680. The predicted molar refractivity (Wildman–Crippen MR) is 84.4 cm³/mol. The molecular formula is C16H24N4O3.